The van der Waals surface area contributed by atoms with Gasteiger partial charge in [-0.2, -0.15) is 20.2 Å². The Kier molecular flexibility index (Phi) is 26.5. The molecule has 5 aromatic carbocycles. The van der Waals surface area contributed by atoms with Crippen LogP contribution in [0.3, 0.4) is 0 Å². The van der Waals surface area contributed by atoms with Crippen LogP contribution in [0, 0.1) is 27.7 Å². The molecule has 0 spiro atoms. The molecule has 0 saturated heterocycles. The quantitative estimate of drug-likeness (QED) is 0.0431. The Balaban J connectivity index is 1.80. The van der Waals surface area contributed by atoms with Gasteiger partial charge in [-0.25, -0.2) is 48.4 Å². The van der Waals surface area contributed by atoms with Crippen LogP contribution in [0.1, 0.15) is 181 Å². The minimum absolute atomic E-state index is 0.00714. The number of halogens is 4. The van der Waals surface area contributed by atoms with Gasteiger partial charge in [-0.15, -0.1) is 0 Å². The highest BCUT2D eigenvalue weighted by atomic mass is 35.5. The van der Waals surface area contributed by atoms with Gasteiger partial charge in [-0.05, 0) is 241 Å². The molecule has 0 aliphatic rings. The van der Waals surface area contributed by atoms with E-state index in [0.29, 0.717) is 36.5 Å². The summed E-state index contributed by atoms with van der Waals surface area (Å²) >= 11 is 27.3. The fourth-order valence-corrected chi connectivity index (χ4v) is 9.89. The van der Waals surface area contributed by atoms with Crippen LogP contribution < -0.4 is 29.6 Å². The van der Waals surface area contributed by atoms with Gasteiger partial charge in [0.2, 0.25) is 0 Å². The van der Waals surface area contributed by atoms with E-state index in [1.807, 2.05) is 0 Å². The van der Waals surface area contributed by atoms with Crippen LogP contribution in [0.5, 0.6) is 0 Å². The van der Waals surface area contributed by atoms with E-state index >= 15 is 9.59 Å². The van der Waals surface area contributed by atoms with Gasteiger partial charge in [0.1, 0.15) is 33.6 Å². The van der Waals surface area contributed by atoms with Crippen molar-refractivity contribution in [3.63, 3.8) is 0 Å². The average molecular weight is 1520 g/mol. The number of ketones is 2. The Morgan fingerprint density at radius 2 is 0.635 bits per heavy atom. The van der Waals surface area contributed by atoms with Gasteiger partial charge in [-0.3, -0.25) is 28.8 Å². The molecule has 558 valence electrons. The lowest BCUT2D eigenvalue weighted by Crippen LogP contribution is -2.48. The Labute approximate surface area is 624 Å². The number of carbonyl (C=O) groups excluding carboxylic acids is 12. The van der Waals surface area contributed by atoms with E-state index in [0.717, 1.165) is 49.1 Å². The number of benzene rings is 5. The maximum absolute atomic E-state index is 15.5. The van der Waals surface area contributed by atoms with Crippen LogP contribution in [0.25, 0.3) is 0 Å². The van der Waals surface area contributed by atoms with Crippen molar-refractivity contribution < 1.29 is 86.0 Å². The van der Waals surface area contributed by atoms with E-state index in [1.54, 1.807) is 74.4 Å². The molecule has 104 heavy (non-hydrogen) atoms. The molecule has 0 aromatic heterocycles. The first-order valence-corrected chi connectivity index (χ1v) is 33.7. The number of Topliss-reactive ketones (excluding diaryl/α,β-unsaturated/α-hetero) is 2. The predicted molar refractivity (Wildman–Crippen MR) is 398 cm³/mol. The monoisotopic (exact) mass is 1510 g/mol. The second kappa shape index (κ2) is 32.5. The van der Waals surface area contributed by atoms with E-state index in [4.69, 9.17) is 74.8 Å². The zero-order valence-electron chi connectivity index (χ0n) is 62.5. The smallest absolute Gasteiger partial charge is 0.435 e. The van der Waals surface area contributed by atoms with Crippen LogP contribution in [0.15, 0.2) is 95.1 Å². The molecule has 30 heteroatoms. The van der Waals surface area contributed by atoms with Crippen molar-refractivity contribution in [2.24, 2.45) is 10.2 Å². The Hall–Kier alpha value is -9.76. The lowest BCUT2D eigenvalue weighted by Gasteiger charge is -2.30. The summed E-state index contributed by atoms with van der Waals surface area (Å²) in [7, 11) is 0. The molecule has 26 nitrogen and oxygen atoms in total. The van der Waals surface area contributed by atoms with Gasteiger partial charge in [0.25, 0.3) is 23.6 Å². The van der Waals surface area contributed by atoms with Gasteiger partial charge in [0, 0.05) is 30.0 Å². The van der Waals surface area contributed by atoms with Gasteiger partial charge in [-0.1, -0.05) is 64.6 Å². The van der Waals surface area contributed by atoms with Crippen molar-refractivity contribution in [1.29, 1.82) is 0 Å². The first-order chi connectivity index (χ1) is 47.4. The number of amides is 10. The fourth-order valence-electron chi connectivity index (χ4n) is 9.09. The van der Waals surface area contributed by atoms with Crippen LogP contribution in [-0.2, 0) is 47.6 Å². The van der Waals surface area contributed by atoms with Crippen molar-refractivity contribution in [3.8, 4) is 0 Å². The largest absolute Gasteiger partial charge is 0.443 e. The highest BCUT2D eigenvalue weighted by molar-refractivity contribution is 6.70. The molecule has 0 atom stereocenters. The summed E-state index contributed by atoms with van der Waals surface area (Å²) in [5.41, 5.74) is -11.6. The van der Waals surface area contributed by atoms with E-state index in [1.165, 1.54) is 132 Å². The minimum Gasteiger partial charge on any atom is -0.443 e. The Morgan fingerprint density at radius 3 is 0.981 bits per heavy atom. The molecule has 10 amide bonds. The molecule has 0 saturated carbocycles. The van der Waals surface area contributed by atoms with Crippen molar-refractivity contribution in [2.45, 2.75) is 200 Å². The number of ether oxygens (including phenoxy) is 6. The molecule has 0 aliphatic carbocycles. The van der Waals surface area contributed by atoms with Crippen molar-refractivity contribution in [1.82, 2.24) is 0 Å². The number of hydrazone groups is 2. The van der Waals surface area contributed by atoms with Crippen LogP contribution in [0.2, 0.25) is 20.1 Å². The number of rotatable bonds is 14. The summed E-state index contributed by atoms with van der Waals surface area (Å²) < 4.78 is 34.2. The number of hydrogen-bond donors (Lipinski definition) is 0. The SMILES string of the molecule is CC(=O)/C(=N/N(C(=O)OC(C)(C)C)c1cc(C(=O)N(C(=O)OC(C)(C)C)c2cccc(Cl)c2C)ccc1Cl)C(=O)N(C(=O)OC(C)(C)C)c1cc(Cl)c(N(C(=O)OC(C)(C)C)C(=O)/C(=N\N(C(=O)OC(C)(C)C)c2cc(C(=O)N(C(=O)OC(C)(C)C)c3cccc(C)c3C)ccc2Cl)C(C)=O)cc1C. The van der Waals surface area contributed by atoms with Crippen LogP contribution >= 0.6 is 46.4 Å². The lowest BCUT2D eigenvalue weighted by molar-refractivity contribution is -0.117. The van der Waals surface area contributed by atoms with E-state index in [9.17, 15) is 47.9 Å². The minimum atomic E-state index is -1.64. The summed E-state index contributed by atoms with van der Waals surface area (Å²) in [4.78, 5) is 178. The summed E-state index contributed by atoms with van der Waals surface area (Å²) in [5.74, 6) is -7.74. The van der Waals surface area contributed by atoms with E-state index in [-0.39, 0.29) is 48.0 Å². The topological polar surface area (TPSA) is 304 Å². The van der Waals surface area contributed by atoms with E-state index < -0.39 is 145 Å². The maximum atomic E-state index is 15.5. The number of carbonyl (C=O) groups is 12. The van der Waals surface area contributed by atoms with Crippen molar-refractivity contribution in [2.75, 3.05) is 29.6 Å². The number of aryl methyl sites for hydroxylation is 2. The third-order valence-corrected chi connectivity index (χ3v) is 15.0. The molecular weight excluding hydrogens is 1430 g/mol. The normalized spacial score (nSPS) is 12.2. The van der Waals surface area contributed by atoms with Gasteiger partial charge in [0.15, 0.2) is 23.0 Å². The van der Waals surface area contributed by atoms with E-state index in [2.05, 4.69) is 10.2 Å². The highest BCUT2D eigenvalue weighted by Crippen LogP contribution is 2.39. The summed E-state index contributed by atoms with van der Waals surface area (Å²) in [6.07, 6.45) is -8.05. The second-order valence-electron chi connectivity index (χ2n) is 29.6. The van der Waals surface area contributed by atoms with Crippen LogP contribution in [-0.4, -0.2) is 117 Å². The summed E-state index contributed by atoms with van der Waals surface area (Å²) in [6.45, 7) is 35.0. The highest BCUT2D eigenvalue weighted by Gasteiger charge is 2.42. The molecule has 0 unspecified atom stereocenters. The predicted octanol–water partition coefficient (Wildman–Crippen LogP) is 18.0. The summed E-state index contributed by atoms with van der Waals surface area (Å²) in [6, 6.07) is 18.0. The number of imide groups is 4. The molecule has 0 aliphatic heterocycles. The van der Waals surface area contributed by atoms with Gasteiger partial charge >= 0.3 is 36.6 Å². The molecule has 0 radical (unpaired) electrons. The molecule has 0 bridgehead atoms. The van der Waals surface area contributed by atoms with Gasteiger partial charge in [0.05, 0.1) is 49.2 Å². The van der Waals surface area contributed by atoms with Crippen molar-refractivity contribution >= 4 is 164 Å². The molecule has 0 fully saturated rings. The van der Waals surface area contributed by atoms with Gasteiger partial charge < -0.3 is 28.4 Å². The lowest BCUT2D eigenvalue weighted by atomic mass is 10.1. The zero-order chi connectivity index (χ0) is 79.3. The number of anilines is 6. The second-order valence-corrected chi connectivity index (χ2v) is 31.2. The first kappa shape index (κ1) is 84.9. The number of nitrogens with zero attached hydrogens (tertiary/aromatic N) is 8. The zero-order valence-corrected chi connectivity index (χ0v) is 65.5. The molecule has 0 heterocycles. The third kappa shape index (κ3) is 22.1. The Morgan fingerprint density at radius 1 is 0.317 bits per heavy atom. The summed E-state index contributed by atoms with van der Waals surface area (Å²) in [5, 5.41) is 8.01. The molecular formula is C74H86Cl4N8O18. The average Bonchev–Trinajstić information content (AvgIpc) is 0.776. The molecule has 5 rings (SSSR count). The maximum Gasteiger partial charge on any atom is 0.435 e. The Bertz CT molecular complexity index is 4100. The molecule has 0 N–H and O–H groups in total. The number of hydrogen-bond acceptors (Lipinski definition) is 20. The van der Waals surface area contributed by atoms with Crippen molar-refractivity contribution in [3.05, 3.63) is 138 Å². The van der Waals surface area contributed by atoms with Crippen LogP contribution in [0.4, 0.5) is 62.9 Å². The molecule has 5 aromatic rings. The third-order valence-electron chi connectivity index (χ3n) is 13.6. The fraction of sp³-hybridized carbons (Fsp3) is 0.405. The standard InChI is InChI=1S/C74H86Cl4N8O18/c1-39-27-25-29-51(41(39)3)81(63(93)99-69(7,8)9)59(89)45-31-33-48(76)55(36-45)86(68(98)104-74(22,23)24)80-58(44(6)88)62(92)84(66(96)102-72(16,17)18)54-35-40(2)53(38-50(54)78)83(65(95)101-71(13,14)15)61(91)57(43(5)87)79-85(67(97)103-73(19,20)21)56-37-46(32-34-49(56)77)60(90)82(64(94)100-70(10,11)12)52-30-26-28-47(75)42(52)4/h25-38H,1-24H3/b79-57-,80-58-. The first-order valence-electron chi connectivity index (χ1n) is 32.2.